The zero-order chi connectivity index (χ0) is 32.4. The topological polar surface area (TPSA) is 94.8 Å². The van der Waals surface area contributed by atoms with Crippen molar-refractivity contribution in [2.24, 2.45) is 0 Å². The summed E-state index contributed by atoms with van der Waals surface area (Å²) >= 11 is 0. The highest BCUT2D eigenvalue weighted by molar-refractivity contribution is 5.88. The quantitative estimate of drug-likeness (QED) is 0.180. The number of rotatable bonds is 8. The summed E-state index contributed by atoms with van der Waals surface area (Å²) < 4.78 is 26.8. The van der Waals surface area contributed by atoms with E-state index in [2.05, 4.69) is 33.5 Å². The number of pyridine rings is 2. The van der Waals surface area contributed by atoms with Crippen LogP contribution < -0.4 is 5.32 Å². The number of fused-ring (bicyclic) bond motifs is 2. The van der Waals surface area contributed by atoms with Gasteiger partial charge in [-0.15, -0.1) is 0 Å². The zero-order valence-electron chi connectivity index (χ0n) is 26.2. The van der Waals surface area contributed by atoms with Crippen LogP contribution in [0.2, 0.25) is 0 Å². The molecule has 5 aromatic rings. The smallest absolute Gasteiger partial charge is 0.408 e. The van der Waals surface area contributed by atoms with Crippen LogP contribution in [-0.2, 0) is 15.9 Å². The predicted molar refractivity (Wildman–Crippen MR) is 175 cm³/mol. The van der Waals surface area contributed by atoms with Crippen LogP contribution in [-0.4, -0.2) is 44.7 Å². The van der Waals surface area contributed by atoms with Gasteiger partial charge in [0, 0.05) is 23.5 Å². The first-order chi connectivity index (χ1) is 22.1. The van der Waals surface area contributed by atoms with E-state index in [9.17, 15) is 14.0 Å². The number of amides is 1. The minimum absolute atomic E-state index is 0.0687. The van der Waals surface area contributed by atoms with Gasteiger partial charge in [0.15, 0.2) is 0 Å². The molecule has 0 unspecified atom stereocenters. The molecule has 0 aliphatic heterocycles. The van der Waals surface area contributed by atoms with Gasteiger partial charge >= 0.3 is 12.1 Å². The zero-order valence-corrected chi connectivity index (χ0v) is 26.2. The van der Waals surface area contributed by atoms with Crippen molar-refractivity contribution in [3.63, 3.8) is 0 Å². The monoisotopic (exact) mass is 618 g/mol. The van der Waals surface area contributed by atoms with Gasteiger partial charge in [-0.05, 0) is 105 Å². The van der Waals surface area contributed by atoms with Gasteiger partial charge in [-0.1, -0.05) is 36.4 Å². The van der Waals surface area contributed by atoms with E-state index in [0.717, 1.165) is 39.9 Å². The molecule has 6 rings (SSSR count). The van der Waals surface area contributed by atoms with Crippen LogP contribution in [0.4, 0.5) is 9.18 Å². The highest BCUT2D eigenvalue weighted by atomic mass is 19.1. The molecule has 0 radical (unpaired) electrons. The van der Waals surface area contributed by atoms with Gasteiger partial charge in [0.25, 0.3) is 0 Å². The second-order valence-electron chi connectivity index (χ2n) is 12.4. The lowest BCUT2D eigenvalue weighted by Crippen LogP contribution is -2.42. The molecule has 9 heteroatoms. The molecule has 1 N–H and O–H groups in total. The lowest BCUT2D eigenvalue weighted by Gasteiger charge is -2.24. The number of aryl methyl sites for hydroxylation is 1. The number of hydrogen-bond donors (Lipinski definition) is 1. The fourth-order valence-corrected chi connectivity index (χ4v) is 5.66. The Kier molecular flexibility index (Phi) is 8.41. The fourth-order valence-electron chi connectivity index (χ4n) is 5.66. The molecule has 234 valence electrons. The van der Waals surface area contributed by atoms with Crippen LogP contribution in [0.5, 0.6) is 0 Å². The first-order valence-corrected chi connectivity index (χ1v) is 15.2. The summed E-state index contributed by atoms with van der Waals surface area (Å²) in [4.78, 5) is 35.0. The van der Waals surface area contributed by atoms with Crippen molar-refractivity contribution in [2.75, 3.05) is 6.61 Å². The van der Waals surface area contributed by atoms with Crippen molar-refractivity contribution in [1.29, 1.82) is 0 Å². The van der Waals surface area contributed by atoms with Crippen molar-refractivity contribution in [1.82, 2.24) is 19.7 Å². The summed E-state index contributed by atoms with van der Waals surface area (Å²) in [5.41, 5.74) is 7.23. The number of alkyl carbamates (subject to hydrolysis) is 1. The number of aromatic nitrogens is 3. The van der Waals surface area contributed by atoms with Gasteiger partial charge in [-0.3, -0.25) is 9.38 Å². The standard InChI is InChI=1S/C37H35FN4O4/c1-23-18-27(13-14-32(23)38)33-31(10-7-16-39-33)26-15-17-42-29(20-26)21-40-34(42)35(43)45-22-28(41-36(44)46-37(2,3)4)19-25-12-11-24-8-5-6-9-30(24)25/h5-10,12-18,20-21,28H,11,19,22H2,1-4H3,(H,41,44)/t28-/m1/s1. The first-order valence-electron chi connectivity index (χ1n) is 15.2. The number of nitrogens with zero attached hydrogens (tertiary/aromatic N) is 3. The van der Waals surface area contributed by atoms with Crippen LogP contribution in [0, 0.1) is 12.7 Å². The second kappa shape index (κ2) is 12.6. The summed E-state index contributed by atoms with van der Waals surface area (Å²) in [6.07, 6.45) is 7.92. The van der Waals surface area contributed by atoms with Crippen molar-refractivity contribution in [3.05, 3.63) is 120 Å². The molecule has 0 bridgehead atoms. The predicted octanol–water partition coefficient (Wildman–Crippen LogP) is 7.59. The molecule has 1 atom stereocenters. The highest BCUT2D eigenvalue weighted by Crippen LogP contribution is 2.33. The van der Waals surface area contributed by atoms with E-state index in [1.54, 1.807) is 62.8 Å². The van der Waals surface area contributed by atoms with Crippen molar-refractivity contribution in [3.8, 4) is 22.4 Å². The molecule has 2 aromatic carbocycles. The van der Waals surface area contributed by atoms with Crippen molar-refractivity contribution < 1.29 is 23.5 Å². The van der Waals surface area contributed by atoms with Gasteiger partial charge in [0.05, 0.1) is 23.4 Å². The number of hydrogen-bond acceptors (Lipinski definition) is 6. The number of benzene rings is 2. The number of nitrogens with one attached hydrogen (secondary N) is 1. The first kappa shape index (κ1) is 30.7. The number of carbonyl (C=O) groups excluding carboxylic acids is 2. The van der Waals surface area contributed by atoms with Crippen LogP contribution in [0.25, 0.3) is 33.5 Å². The van der Waals surface area contributed by atoms with E-state index in [0.29, 0.717) is 17.5 Å². The molecule has 0 saturated heterocycles. The normalized spacial score (nSPS) is 13.2. The Labute approximate surface area is 266 Å². The van der Waals surface area contributed by atoms with E-state index < -0.39 is 23.7 Å². The molecule has 0 spiro atoms. The molecule has 3 aromatic heterocycles. The van der Waals surface area contributed by atoms with Crippen LogP contribution in [0.3, 0.4) is 0 Å². The summed E-state index contributed by atoms with van der Waals surface area (Å²) in [7, 11) is 0. The third-order valence-electron chi connectivity index (χ3n) is 7.80. The second-order valence-corrected chi connectivity index (χ2v) is 12.4. The van der Waals surface area contributed by atoms with Gasteiger partial charge in [-0.25, -0.2) is 19.0 Å². The van der Waals surface area contributed by atoms with Crippen LogP contribution in [0.1, 0.15) is 54.5 Å². The Hall–Kier alpha value is -5.31. The molecule has 1 aliphatic rings. The average Bonchev–Trinajstić information content (AvgIpc) is 3.64. The maximum Gasteiger partial charge on any atom is 0.408 e. The van der Waals surface area contributed by atoms with Gasteiger partial charge in [-0.2, -0.15) is 0 Å². The van der Waals surface area contributed by atoms with E-state index in [-0.39, 0.29) is 18.2 Å². The number of imidazole rings is 1. The SMILES string of the molecule is Cc1cc(-c2ncccc2-c2ccn3c(C(=O)OC[C@@H](CC4=CCc5ccccc54)NC(=O)OC(C)(C)C)ncc3c2)ccc1F. The minimum atomic E-state index is -0.674. The summed E-state index contributed by atoms with van der Waals surface area (Å²) in [6.45, 7) is 7.04. The number of esters is 1. The molecule has 46 heavy (non-hydrogen) atoms. The number of ether oxygens (including phenoxy) is 2. The molecular weight excluding hydrogens is 583 g/mol. The van der Waals surface area contributed by atoms with Gasteiger partial charge < -0.3 is 14.8 Å². The van der Waals surface area contributed by atoms with Crippen LogP contribution in [0.15, 0.2) is 91.4 Å². The molecular formula is C37H35FN4O4. The molecule has 0 saturated carbocycles. The Morgan fingerprint density at radius 2 is 1.80 bits per heavy atom. The molecule has 1 amide bonds. The Balaban J connectivity index is 1.20. The molecule has 1 aliphatic carbocycles. The minimum Gasteiger partial charge on any atom is -0.458 e. The van der Waals surface area contributed by atoms with E-state index in [1.165, 1.54) is 11.6 Å². The van der Waals surface area contributed by atoms with E-state index in [1.807, 2.05) is 36.4 Å². The van der Waals surface area contributed by atoms with Gasteiger partial charge in [0.1, 0.15) is 18.0 Å². The maximum absolute atomic E-state index is 13.9. The Bertz CT molecular complexity index is 1970. The Morgan fingerprint density at radius 1 is 1.00 bits per heavy atom. The van der Waals surface area contributed by atoms with E-state index in [4.69, 9.17) is 9.47 Å². The Morgan fingerprint density at radius 3 is 2.61 bits per heavy atom. The maximum atomic E-state index is 13.9. The lowest BCUT2D eigenvalue weighted by molar-refractivity contribution is 0.0364. The van der Waals surface area contributed by atoms with Crippen molar-refractivity contribution in [2.45, 2.75) is 52.2 Å². The fraction of sp³-hybridized carbons (Fsp3) is 0.243. The third-order valence-corrected chi connectivity index (χ3v) is 7.80. The molecule has 3 heterocycles. The number of allylic oxidation sites excluding steroid dienone is 1. The van der Waals surface area contributed by atoms with Gasteiger partial charge in [0.2, 0.25) is 5.82 Å². The van der Waals surface area contributed by atoms with Crippen molar-refractivity contribution >= 4 is 23.2 Å². The molecule has 8 nitrogen and oxygen atoms in total. The lowest BCUT2D eigenvalue weighted by atomic mass is 9.99. The van der Waals surface area contributed by atoms with Crippen LogP contribution >= 0.6 is 0 Å². The largest absolute Gasteiger partial charge is 0.458 e. The summed E-state index contributed by atoms with van der Waals surface area (Å²) in [5.74, 6) is -0.772. The number of halogens is 1. The summed E-state index contributed by atoms with van der Waals surface area (Å²) in [5, 5.41) is 2.89. The summed E-state index contributed by atoms with van der Waals surface area (Å²) in [6, 6.07) is 20.1. The highest BCUT2D eigenvalue weighted by Gasteiger charge is 2.25. The third kappa shape index (κ3) is 6.68. The van der Waals surface area contributed by atoms with E-state index >= 15 is 0 Å². The average molecular weight is 619 g/mol. The number of carbonyl (C=O) groups is 2. The molecule has 0 fully saturated rings.